The molecule has 0 saturated heterocycles. The van der Waals surface area contributed by atoms with Crippen molar-refractivity contribution in [3.8, 4) is 11.5 Å². The zero-order valence-electron chi connectivity index (χ0n) is 11.1. The second-order valence-electron chi connectivity index (χ2n) is 4.78. The highest BCUT2D eigenvalue weighted by Gasteiger charge is 2.32. The molecule has 0 saturated carbocycles. The van der Waals surface area contributed by atoms with Crippen molar-refractivity contribution in [2.45, 2.75) is 6.92 Å². The summed E-state index contributed by atoms with van der Waals surface area (Å²) in [6.45, 7) is 1.86. The van der Waals surface area contributed by atoms with E-state index in [1.807, 2.05) is 6.92 Å². The number of rotatable bonds is 1. The zero-order valence-corrected chi connectivity index (χ0v) is 11.1. The van der Waals surface area contributed by atoms with E-state index in [0.29, 0.717) is 16.9 Å². The molecule has 1 aliphatic rings. The van der Waals surface area contributed by atoms with Gasteiger partial charge in [0.25, 0.3) is 0 Å². The molecule has 0 radical (unpaired) electrons. The molecule has 4 heteroatoms. The number of fused-ring (bicyclic) bond motifs is 2. The van der Waals surface area contributed by atoms with E-state index in [4.69, 9.17) is 4.74 Å². The third kappa shape index (κ3) is 1.61. The summed E-state index contributed by atoms with van der Waals surface area (Å²) < 4.78 is 5.03. The minimum atomic E-state index is -0.338. The highest BCUT2D eigenvalue weighted by atomic mass is 16.5. The summed E-state index contributed by atoms with van der Waals surface area (Å²) in [5, 5.41) is 9.98. The quantitative estimate of drug-likeness (QED) is 0.736. The van der Waals surface area contributed by atoms with Crippen molar-refractivity contribution in [1.82, 2.24) is 0 Å². The van der Waals surface area contributed by atoms with Crippen LogP contribution in [0.1, 0.15) is 37.4 Å². The maximum Gasteiger partial charge on any atom is 0.198 e. The maximum atomic E-state index is 12.5. The summed E-state index contributed by atoms with van der Waals surface area (Å²) in [5.41, 5.74) is 1.83. The second kappa shape index (κ2) is 4.20. The van der Waals surface area contributed by atoms with Crippen LogP contribution >= 0.6 is 0 Å². The lowest BCUT2D eigenvalue weighted by molar-refractivity contribution is 0.0976. The molecule has 0 amide bonds. The normalized spacial score (nSPS) is 12.9. The number of benzene rings is 2. The molecule has 2 aromatic rings. The van der Waals surface area contributed by atoms with Gasteiger partial charge in [-0.05, 0) is 19.1 Å². The van der Waals surface area contributed by atoms with Crippen molar-refractivity contribution in [2.75, 3.05) is 7.11 Å². The van der Waals surface area contributed by atoms with Crippen LogP contribution in [0.3, 0.4) is 0 Å². The lowest BCUT2D eigenvalue weighted by atomic mass is 9.83. The van der Waals surface area contributed by atoms with Crippen molar-refractivity contribution < 1.29 is 19.4 Å². The Kier molecular flexibility index (Phi) is 2.61. The van der Waals surface area contributed by atoms with Crippen LogP contribution in [-0.2, 0) is 0 Å². The van der Waals surface area contributed by atoms with Gasteiger partial charge in [0.05, 0.1) is 12.7 Å². The largest absolute Gasteiger partial charge is 0.507 e. The molecule has 2 aromatic carbocycles. The van der Waals surface area contributed by atoms with Gasteiger partial charge in [-0.1, -0.05) is 17.7 Å². The molecular weight excluding hydrogens is 256 g/mol. The number of ketones is 2. The summed E-state index contributed by atoms with van der Waals surface area (Å²) in [7, 11) is 1.44. The van der Waals surface area contributed by atoms with E-state index in [9.17, 15) is 14.7 Å². The number of hydrogen-bond acceptors (Lipinski definition) is 4. The predicted octanol–water partition coefficient (Wildman–Crippen LogP) is 2.48. The lowest BCUT2D eigenvalue weighted by Crippen LogP contribution is -2.21. The van der Waals surface area contributed by atoms with E-state index in [1.165, 1.54) is 19.2 Å². The van der Waals surface area contributed by atoms with Gasteiger partial charge in [-0.25, -0.2) is 0 Å². The Morgan fingerprint density at radius 1 is 0.950 bits per heavy atom. The molecule has 0 atom stereocenters. The summed E-state index contributed by atoms with van der Waals surface area (Å²) in [6.07, 6.45) is 0. The van der Waals surface area contributed by atoms with Gasteiger partial charge in [-0.15, -0.1) is 0 Å². The number of hydrogen-bond donors (Lipinski definition) is 1. The highest BCUT2D eigenvalue weighted by molar-refractivity contribution is 6.29. The first kappa shape index (κ1) is 12.4. The molecule has 0 spiro atoms. The second-order valence-corrected chi connectivity index (χ2v) is 4.78. The molecule has 0 unspecified atom stereocenters. The van der Waals surface area contributed by atoms with Crippen LogP contribution in [0, 0.1) is 6.92 Å². The van der Waals surface area contributed by atoms with E-state index in [2.05, 4.69) is 0 Å². The Balaban J connectivity index is 2.32. The Hall–Kier alpha value is -2.62. The van der Waals surface area contributed by atoms with E-state index in [1.54, 1.807) is 18.2 Å². The lowest BCUT2D eigenvalue weighted by Gasteiger charge is -2.19. The Bertz CT molecular complexity index is 759. The van der Waals surface area contributed by atoms with Gasteiger partial charge in [0.15, 0.2) is 11.6 Å². The van der Waals surface area contributed by atoms with E-state index < -0.39 is 0 Å². The number of phenols is 1. The molecule has 0 aromatic heterocycles. The molecule has 0 fully saturated rings. The van der Waals surface area contributed by atoms with Crippen molar-refractivity contribution >= 4 is 11.6 Å². The average Bonchev–Trinajstić information content (AvgIpc) is 2.43. The fraction of sp³-hybridized carbons (Fsp3) is 0.125. The fourth-order valence-electron chi connectivity index (χ4n) is 2.46. The molecule has 0 heterocycles. The van der Waals surface area contributed by atoms with Gasteiger partial charge in [-0.2, -0.15) is 0 Å². The Labute approximate surface area is 115 Å². The predicted molar refractivity (Wildman–Crippen MR) is 72.7 cm³/mol. The number of carbonyl (C=O) groups excluding carboxylic acids is 2. The molecule has 0 aliphatic heterocycles. The smallest absolute Gasteiger partial charge is 0.198 e. The minimum absolute atomic E-state index is 0.0483. The molecule has 1 aliphatic carbocycles. The van der Waals surface area contributed by atoms with Gasteiger partial charge in [-0.3, -0.25) is 9.59 Å². The van der Waals surface area contributed by atoms with Gasteiger partial charge in [0.1, 0.15) is 11.5 Å². The topological polar surface area (TPSA) is 63.6 Å². The number of aromatic hydroxyl groups is 1. The maximum absolute atomic E-state index is 12.5. The molecule has 100 valence electrons. The first-order chi connectivity index (χ1) is 9.52. The van der Waals surface area contributed by atoms with Gasteiger partial charge in [0, 0.05) is 22.8 Å². The molecule has 0 bridgehead atoms. The summed E-state index contributed by atoms with van der Waals surface area (Å²) in [4.78, 5) is 24.9. The van der Waals surface area contributed by atoms with Gasteiger partial charge >= 0.3 is 0 Å². The third-order valence-corrected chi connectivity index (χ3v) is 3.46. The van der Waals surface area contributed by atoms with Crippen LogP contribution in [0.4, 0.5) is 0 Å². The van der Waals surface area contributed by atoms with Crippen LogP contribution in [-0.4, -0.2) is 23.8 Å². The first-order valence-corrected chi connectivity index (χ1v) is 6.14. The monoisotopic (exact) mass is 268 g/mol. The third-order valence-electron chi connectivity index (χ3n) is 3.46. The molecule has 4 nitrogen and oxygen atoms in total. The molecule has 20 heavy (non-hydrogen) atoms. The number of aryl methyl sites for hydroxylation is 1. The highest BCUT2D eigenvalue weighted by Crippen LogP contribution is 2.36. The van der Waals surface area contributed by atoms with Crippen LogP contribution in [0.5, 0.6) is 11.5 Å². The average molecular weight is 268 g/mol. The van der Waals surface area contributed by atoms with Crippen molar-refractivity contribution in [3.05, 3.63) is 58.1 Å². The van der Waals surface area contributed by atoms with E-state index in [0.717, 1.165) is 5.56 Å². The van der Waals surface area contributed by atoms with Crippen molar-refractivity contribution in [1.29, 1.82) is 0 Å². The van der Waals surface area contributed by atoms with Gasteiger partial charge < -0.3 is 9.84 Å². The number of carbonyl (C=O) groups is 2. The molecule has 3 rings (SSSR count). The minimum Gasteiger partial charge on any atom is -0.507 e. The fourth-order valence-corrected chi connectivity index (χ4v) is 2.46. The molecule has 1 N–H and O–H groups in total. The van der Waals surface area contributed by atoms with E-state index >= 15 is 0 Å². The van der Waals surface area contributed by atoms with Crippen LogP contribution in [0.2, 0.25) is 0 Å². The molecular formula is C16H12O4. The standard InChI is InChI=1S/C16H12O4/c1-8-3-4-10-11(5-8)15(18)12-6-9(20-2)7-13(17)14(12)16(10)19/h3-7,17H,1-2H3. The SMILES string of the molecule is COc1cc(O)c2c(c1)C(=O)c1cc(C)ccc1C2=O. The first-order valence-electron chi connectivity index (χ1n) is 6.14. The van der Waals surface area contributed by atoms with E-state index in [-0.39, 0.29) is 28.4 Å². The Morgan fingerprint density at radius 2 is 1.70 bits per heavy atom. The van der Waals surface area contributed by atoms with Gasteiger partial charge in [0.2, 0.25) is 0 Å². The number of methoxy groups -OCH3 is 1. The number of phenolic OH excluding ortho intramolecular Hbond substituents is 1. The summed E-state index contributed by atoms with van der Waals surface area (Å²) >= 11 is 0. The zero-order chi connectivity index (χ0) is 14.4. The Morgan fingerprint density at radius 3 is 2.40 bits per heavy atom. The summed E-state index contributed by atoms with van der Waals surface area (Å²) in [6, 6.07) is 7.91. The van der Waals surface area contributed by atoms with Crippen molar-refractivity contribution in [2.24, 2.45) is 0 Å². The van der Waals surface area contributed by atoms with Crippen molar-refractivity contribution in [3.63, 3.8) is 0 Å². The number of ether oxygens (including phenoxy) is 1. The van der Waals surface area contributed by atoms with Crippen LogP contribution in [0.25, 0.3) is 0 Å². The van der Waals surface area contributed by atoms with Crippen LogP contribution < -0.4 is 4.74 Å². The summed E-state index contributed by atoms with van der Waals surface area (Å²) in [5.74, 6) is -0.496. The van der Waals surface area contributed by atoms with Crippen LogP contribution in [0.15, 0.2) is 30.3 Å².